The molecule has 0 bridgehead atoms. The molecule has 2 rings (SSSR count). The van der Waals surface area contributed by atoms with Crippen LogP contribution >= 0.6 is 0 Å². The molecule has 2 aromatic heterocycles. The van der Waals surface area contributed by atoms with Crippen LogP contribution in [-0.2, 0) is 13.5 Å². The summed E-state index contributed by atoms with van der Waals surface area (Å²) >= 11 is 0. The Labute approximate surface area is 117 Å². The van der Waals surface area contributed by atoms with Gasteiger partial charge in [0.15, 0.2) is 0 Å². The van der Waals surface area contributed by atoms with Crippen LogP contribution in [0.5, 0.6) is 6.01 Å². The summed E-state index contributed by atoms with van der Waals surface area (Å²) in [5.74, 6) is 1.000. The van der Waals surface area contributed by atoms with Crippen molar-refractivity contribution >= 4 is 11.9 Å². The van der Waals surface area contributed by atoms with Crippen LogP contribution in [0, 0.1) is 0 Å². The average Bonchev–Trinajstić information content (AvgIpc) is 2.84. The molecule has 2 aromatic rings. The number of methoxy groups -OCH3 is 1. The van der Waals surface area contributed by atoms with Crippen LogP contribution in [0.4, 0.5) is 11.9 Å². The van der Waals surface area contributed by atoms with Crippen molar-refractivity contribution in [3.05, 3.63) is 18.0 Å². The van der Waals surface area contributed by atoms with Gasteiger partial charge in [-0.3, -0.25) is 4.68 Å². The zero-order valence-corrected chi connectivity index (χ0v) is 11.9. The third-order valence-electron chi connectivity index (χ3n) is 2.59. The molecule has 0 spiro atoms. The van der Waals surface area contributed by atoms with Gasteiger partial charge in [0.2, 0.25) is 11.9 Å². The van der Waals surface area contributed by atoms with Crippen LogP contribution in [0.2, 0.25) is 0 Å². The molecule has 0 atom stereocenters. The fraction of sp³-hybridized carbons (Fsp3) is 0.500. The standard InChI is InChI=1S/C12H19N7O/c1-4-13-10-16-11(18-12(17-10)20-3)14-6-5-9-7-15-19(2)8-9/h7-8H,4-6H2,1-3H3,(H2,13,14,16,17,18). The van der Waals surface area contributed by atoms with Gasteiger partial charge in [-0.25, -0.2) is 0 Å². The maximum atomic E-state index is 5.05. The van der Waals surface area contributed by atoms with E-state index in [9.17, 15) is 0 Å². The lowest BCUT2D eigenvalue weighted by atomic mass is 10.2. The normalized spacial score (nSPS) is 10.3. The number of nitrogens with zero attached hydrogens (tertiary/aromatic N) is 5. The zero-order chi connectivity index (χ0) is 14.4. The van der Waals surface area contributed by atoms with Crippen molar-refractivity contribution in [3.63, 3.8) is 0 Å². The molecule has 8 nitrogen and oxygen atoms in total. The Morgan fingerprint density at radius 1 is 1.20 bits per heavy atom. The Morgan fingerprint density at radius 2 is 1.95 bits per heavy atom. The maximum Gasteiger partial charge on any atom is 0.322 e. The van der Waals surface area contributed by atoms with Crippen LogP contribution in [-0.4, -0.2) is 44.9 Å². The van der Waals surface area contributed by atoms with Gasteiger partial charge in [0.25, 0.3) is 0 Å². The third kappa shape index (κ3) is 3.81. The third-order valence-corrected chi connectivity index (χ3v) is 2.59. The van der Waals surface area contributed by atoms with Crippen LogP contribution < -0.4 is 15.4 Å². The second kappa shape index (κ2) is 6.69. The predicted octanol–water partition coefficient (Wildman–Crippen LogP) is 0.700. The van der Waals surface area contributed by atoms with Gasteiger partial charge in [-0.2, -0.15) is 20.1 Å². The Balaban J connectivity index is 1.95. The van der Waals surface area contributed by atoms with E-state index in [-0.39, 0.29) is 0 Å². The highest BCUT2D eigenvalue weighted by Gasteiger charge is 2.06. The number of nitrogens with one attached hydrogen (secondary N) is 2. The summed E-state index contributed by atoms with van der Waals surface area (Å²) in [5, 5.41) is 10.3. The molecule has 0 aromatic carbocycles. The van der Waals surface area contributed by atoms with E-state index in [2.05, 4.69) is 30.7 Å². The summed E-state index contributed by atoms with van der Waals surface area (Å²) in [4.78, 5) is 12.5. The summed E-state index contributed by atoms with van der Waals surface area (Å²) in [6.45, 7) is 3.43. The summed E-state index contributed by atoms with van der Waals surface area (Å²) in [6.07, 6.45) is 4.68. The number of hydrogen-bond donors (Lipinski definition) is 2. The van der Waals surface area contributed by atoms with Crippen LogP contribution in [0.3, 0.4) is 0 Å². The first-order valence-corrected chi connectivity index (χ1v) is 6.46. The fourth-order valence-electron chi connectivity index (χ4n) is 1.68. The largest absolute Gasteiger partial charge is 0.467 e. The van der Waals surface area contributed by atoms with E-state index in [1.807, 2.05) is 26.4 Å². The second-order valence-electron chi connectivity index (χ2n) is 4.20. The zero-order valence-electron chi connectivity index (χ0n) is 11.9. The summed E-state index contributed by atoms with van der Waals surface area (Å²) in [5.41, 5.74) is 1.16. The molecule has 2 N–H and O–H groups in total. The number of aryl methyl sites for hydroxylation is 1. The molecule has 20 heavy (non-hydrogen) atoms. The minimum absolute atomic E-state index is 0.292. The van der Waals surface area contributed by atoms with Crippen molar-refractivity contribution in [3.8, 4) is 6.01 Å². The first-order valence-electron chi connectivity index (χ1n) is 6.46. The summed E-state index contributed by atoms with van der Waals surface area (Å²) < 4.78 is 6.84. The maximum absolute atomic E-state index is 5.05. The van der Waals surface area contributed by atoms with Crippen LogP contribution in [0.1, 0.15) is 12.5 Å². The molecule has 108 valence electrons. The van der Waals surface area contributed by atoms with Crippen molar-refractivity contribution in [2.75, 3.05) is 30.8 Å². The quantitative estimate of drug-likeness (QED) is 0.770. The van der Waals surface area contributed by atoms with Crippen LogP contribution in [0.25, 0.3) is 0 Å². The molecular formula is C12H19N7O. The van der Waals surface area contributed by atoms with Crippen molar-refractivity contribution in [2.24, 2.45) is 7.05 Å². The molecule has 2 heterocycles. The molecule has 0 aliphatic rings. The molecular weight excluding hydrogens is 258 g/mol. The molecule has 0 unspecified atom stereocenters. The topological polar surface area (TPSA) is 89.8 Å². The first kappa shape index (κ1) is 14.0. The van der Waals surface area contributed by atoms with Gasteiger partial charge in [-0.1, -0.05) is 0 Å². The van der Waals surface area contributed by atoms with E-state index in [1.165, 1.54) is 7.11 Å². The van der Waals surface area contributed by atoms with E-state index in [4.69, 9.17) is 4.74 Å². The molecule has 0 fully saturated rings. The fourth-order valence-corrected chi connectivity index (χ4v) is 1.68. The number of rotatable bonds is 7. The van der Waals surface area contributed by atoms with Gasteiger partial charge in [0.1, 0.15) is 0 Å². The van der Waals surface area contributed by atoms with Crippen molar-refractivity contribution in [2.45, 2.75) is 13.3 Å². The molecule has 0 amide bonds. The van der Waals surface area contributed by atoms with Crippen molar-refractivity contribution < 1.29 is 4.74 Å². The SMILES string of the molecule is CCNc1nc(NCCc2cnn(C)c2)nc(OC)n1. The predicted molar refractivity (Wildman–Crippen MR) is 75.9 cm³/mol. The molecule has 0 saturated heterocycles. The van der Waals surface area contributed by atoms with Gasteiger partial charge in [-0.05, 0) is 18.9 Å². The van der Waals surface area contributed by atoms with Crippen molar-refractivity contribution in [1.29, 1.82) is 0 Å². The lowest BCUT2D eigenvalue weighted by Crippen LogP contribution is -2.11. The number of ether oxygens (including phenoxy) is 1. The smallest absolute Gasteiger partial charge is 0.322 e. The molecule has 0 aliphatic carbocycles. The number of anilines is 2. The monoisotopic (exact) mass is 277 g/mol. The minimum Gasteiger partial charge on any atom is -0.467 e. The van der Waals surface area contributed by atoms with E-state index in [1.54, 1.807) is 4.68 Å². The van der Waals surface area contributed by atoms with Gasteiger partial charge in [0, 0.05) is 26.3 Å². The highest BCUT2D eigenvalue weighted by atomic mass is 16.5. The van der Waals surface area contributed by atoms with Gasteiger partial charge >= 0.3 is 6.01 Å². The van der Waals surface area contributed by atoms with E-state index < -0.39 is 0 Å². The highest BCUT2D eigenvalue weighted by molar-refractivity contribution is 5.35. The molecule has 0 radical (unpaired) electrons. The van der Waals surface area contributed by atoms with Crippen LogP contribution in [0.15, 0.2) is 12.4 Å². The second-order valence-corrected chi connectivity index (χ2v) is 4.20. The van der Waals surface area contributed by atoms with Gasteiger partial charge in [0.05, 0.1) is 13.3 Å². The summed E-state index contributed by atoms with van der Waals surface area (Å²) in [6, 6.07) is 0.292. The Morgan fingerprint density at radius 3 is 2.55 bits per heavy atom. The first-order chi connectivity index (χ1) is 9.71. The molecule has 8 heteroatoms. The molecule has 0 aliphatic heterocycles. The van der Waals surface area contributed by atoms with E-state index in [0.29, 0.717) is 24.5 Å². The van der Waals surface area contributed by atoms with E-state index in [0.717, 1.165) is 18.5 Å². The van der Waals surface area contributed by atoms with Crippen molar-refractivity contribution in [1.82, 2.24) is 24.7 Å². The number of aromatic nitrogens is 5. The van der Waals surface area contributed by atoms with E-state index >= 15 is 0 Å². The van der Waals surface area contributed by atoms with Gasteiger partial charge < -0.3 is 15.4 Å². The number of hydrogen-bond acceptors (Lipinski definition) is 7. The average molecular weight is 277 g/mol. The van der Waals surface area contributed by atoms with Gasteiger partial charge in [-0.15, -0.1) is 0 Å². The minimum atomic E-state index is 0.292. The summed E-state index contributed by atoms with van der Waals surface area (Å²) in [7, 11) is 3.43. The Hall–Kier alpha value is -2.38. The Kier molecular flexibility index (Phi) is 4.70. The lowest BCUT2D eigenvalue weighted by Gasteiger charge is -2.08. The molecule has 0 saturated carbocycles. The lowest BCUT2D eigenvalue weighted by molar-refractivity contribution is 0.379. The highest BCUT2D eigenvalue weighted by Crippen LogP contribution is 2.10. The Bertz CT molecular complexity index is 554.